The molecule has 4 heterocycles. The third-order valence-corrected chi connectivity index (χ3v) is 5.69. The van der Waals surface area contributed by atoms with Crippen LogP contribution in [0.15, 0.2) is 29.2 Å². The molecule has 9 nitrogen and oxygen atoms in total. The molecule has 0 unspecified atom stereocenters. The molecule has 1 amide bonds. The Morgan fingerprint density at radius 2 is 2.13 bits per heavy atom. The van der Waals surface area contributed by atoms with Crippen LogP contribution in [-0.2, 0) is 19.5 Å². The largest absolute Gasteiger partial charge is 0.481 e. The van der Waals surface area contributed by atoms with Crippen molar-refractivity contribution in [3.8, 4) is 23.1 Å². The molecule has 1 aliphatic heterocycles. The highest BCUT2D eigenvalue weighted by Gasteiger charge is 2.32. The molecule has 156 valence electrons. The fraction of sp³-hybridized carbons (Fsp3) is 0.429. The van der Waals surface area contributed by atoms with Crippen molar-refractivity contribution >= 4 is 5.91 Å². The van der Waals surface area contributed by atoms with Crippen molar-refractivity contribution in [1.82, 2.24) is 24.6 Å². The maximum atomic E-state index is 13.3. The van der Waals surface area contributed by atoms with E-state index in [1.807, 2.05) is 0 Å². The molecule has 0 aromatic carbocycles. The second-order valence-electron chi connectivity index (χ2n) is 7.66. The number of rotatable bonds is 6. The molecule has 1 fully saturated rings. The first kappa shape index (κ1) is 18.7. The molecular weight excluding hydrogens is 386 g/mol. The van der Waals surface area contributed by atoms with Crippen LogP contribution in [0.25, 0.3) is 11.4 Å². The Morgan fingerprint density at radius 1 is 1.27 bits per heavy atom. The van der Waals surface area contributed by atoms with E-state index in [1.54, 1.807) is 23.3 Å². The number of carbonyl (C=O) groups excluding carboxylic acids is 1. The van der Waals surface area contributed by atoms with E-state index in [0.717, 1.165) is 24.2 Å². The van der Waals surface area contributed by atoms with Crippen LogP contribution in [0.5, 0.6) is 11.8 Å². The number of ether oxygens (including phenoxy) is 2. The molecule has 0 bridgehead atoms. The zero-order valence-corrected chi connectivity index (χ0v) is 17.0. The average Bonchev–Trinajstić information content (AvgIpc) is 3.30. The molecule has 1 saturated carbocycles. The lowest BCUT2D eigenvalue weighted by Gasteiger charge is -2.28. The highest BCUT2D eigenvalue weighted by molar-refractivity contribution is 5.96. The normalized spacial score (nSPS) is 15.7. The van der Waals surface area contributed by atoms with E-state index < -0.39 is 0 Å². The van der Waals surface area contributed by atoms with Crippen molar-refractivity contribution in [2.24, 2.45) is 5.92 Å². The summed E-state index contributed by atoms with van der Waals surface area (Å²) in [6.07, 6.45) is 6.25. The first-order valence-electron chi connectivity index (χ1n) is 10.0. The molecule has 9 heteroatoms. The minimum atomic E-state index is -0.131. The van der Waals surface area contributed by atoms with Gasteiger partial charge in [0, 0.05) is 36.8 Å². The van der Waals surface area contributed by atoms with Gasteiger partial charge in [-0.25, -0.2) is 4.98 Å². The lowest BCUT2D eigenvalue weighted by molar-refractivity contribution is 0.0729. The number of carbonyl (C=O) groups is 1. The highest BCUT2D eigenvalue weighted by Crippen LogP contribution is 2.35. The van der Waals surface area contributed by atoms with E-state index >= 15 is 0 Å². The minimum absolute atomic E-state index is 0.131. The summed E-state index contributed by atoms with van der Waals surface area (Å²) >= 11 is 0. The van der Waals surface area contributed by atoms with Crippen LogP contribution in [0, 0.1) is 5.92 Å². The van der Waals surface area contributed by atoms with Gasteiger partial charge in [-0.3, -0.25) is 9.48 Å². The molecule has 30 heavy (non-hydrogen) atoms. The molecule has 0 N–H and O–H groups in total. The Morgan fingerprint density at radius 3 is 2.83 bits per heavy atom. The Balaban J connectivity index is 1.47. The molecule has 0 radical (unpaired) electrons. The van der Waals surface area contributed by atoms with Crippen molar-refractivity contribution < 1.29 is 18.7 Å². The van der Waals surface area contributed by atoms with Gasteiger partial charge in [-0.05, 0) is 24.8 Å². The van der Waals surface area contributed by atoms with E-state index in [2.05, 4.69) is 14.6 Å². The molecule has 2 aliphatic rings. The van der Waals surface area contributed by atoms with Gasteiger partial charge in [-0.1, -0.05) is 0 Å². The number of pyridine rings is 1. The summed E-state index contributed by atoms with van der Waals surface area (Å²) in [5.41, 5.74) is 4.11. The fourth-order valence-electron chi connectivity index (χ4n) is 3.92. The number of oxazole rings is 1. The van der Waals surface area contributed by atoms with Crippen molar-refractivity contribution in [2.75, 3.05) is 20.8 Å². The monoisotopic (exact) mass is 409 g/mol. The molecule has 5 rings (SSSR count). The number of nitrogens with zero attached hydrogens (tertiary/aromatic N) is 5. The Kier molecular flexibility index (Phi) is 4.65. The maximum Gasteiger partial charge on any atom is 0.259 e. The Hall–Kier alpha value is -3.36. The van der Waals surface area contributed by atoms with E-state index in [9.17, 15) is 4.79 Å². The van der Waals surface area contributed by atoms with Crippen molar-refractivity contribution in [3.05, 3.63) is 41.6 Å². The summed E-state index contributed by atoms with van der Waals surface area (Å²) in [4.78, 5) is 23.6. The minimum Gasteiger partial charge on any atom is -0.481 e. The fourth-order valence-corrected chi connectivity index (χ4v) is 3.92. The van der Waals surface area contributed by atoms with Gasteiger partial charge in [0.05, 0.1) is 20.8 Å². The third-order valence-electron chi connectivity index (χ3n) is 5.69. The summed E-state index contributed by atoms with van der Waals surface area (Å²) < 4.78 is 17.8. The van der Waals surface area contributed by atoms with Crippen LogP contribution in [0.2, 0.25) is 0 Å². The Bertz CT molecular complexity index is 1070. The molecular formula is C21H23N5O4. The summed E-state index contributed by atoms with van der Waals surface area (Å²) in [7, 11) is 3.03. The number of aromatic nitrogens is 4. The van der Waals surface area contributed by atoms with Crippen LogP contribution >= 0.6 is 0 Å². The van der Waals surface area contributed by atoms with Crippen LogP contribution in [0.4, 0.5) is 0 Å². The molecule has 3 aromatic heterocycles. The van der Waals surface area contributed by atoms with Gasteiger partial charge in [-0.15, -0.1) is 0 Å². The van der Waals surface area contributed by atoms with Gasteiger partial charge >= 0.3 is 0 Å². The van der Waals surface area contributed by atoms with Crippen molar-refractivity contribution in [3.63, 3.8) is 0 Å². The van der Waals surface area contributed by atoms with Gasteiger partial charge in [0.15, 0.2) is 6.39 Å². The van der Waals surface area contributed by atoms with Gasteiger partial charge < -0.3 is 18.8 Å². The number of amides is 1. The van der Waals surface area contributed by atoms with Gasteiger partial charge in [0.2, 0.25) is 11.8 Å². The summed E-state index contributed by atoms with van der Waals surface area (Å²) in [6.45, 7) is 1.98. The second-order valence-corrected chi connectivity index (χ2v) is 7.66. The predicted molar refractivity (Wildman–Crippen MR) is 106 cm³/mol. The number of hydrogen-bond acceptors (Lipinski definition) is 7. The smallest absolute Gasteiger partial charge is 0.259 e. The first-order chi connectivity index (χ1) is 14.7. The third kappa shape index (κ3) is 3.30. The van der Waals surface area contributed by atoms with Gasteiger partial charge in [-0.2, -0.15) is 10.1 Å². The van der Waals surface area contributed by atoms with Crippen LogP contribution < -0.4 is 9.47 Å². The van der Waals surface area contributed by atoms with E-state index in [-0.39, 0.29) is 11.8 Å². The van der Waals surface area contributed by atoms with Crippen molar-refractivity contribution in [2.45, 2.75) is 32.4 Å². The molecule has 0 atom stereocenters. The summed E-state index contributed by atoms with van der Waals surface area (Å²) in [5, 5.41) is 4.84. The average molecular weight is 409 g/mol. The van der Waals surface area contributed by atoms with Crippen LogP contribution in [0.1, 0.15) is 34.5 Å². The second kappa shape index (κ2) is 7.47. The van der Waals surface area contributed by atoms with Gasteiger partial charge in [0.1, 0.15) is 23.2 Å². The number of fused-ring (bicyclic) bond motifs is 1. The highest BCUT2D eigenvalue weighted by atomic mass is 16.5. The van der Waals surface area contributed by atoms with E-state index in [4.69, 9.17) is 19.0 Å². The van der Waals surface area contributed by atoms with Crippen molar-refractivity contribution in [1.29, 1.82) is 0 Å². The topological polar surface area (TPSA) is 95.5 Å². The standard InChI is InChI=1S/C21H23N5O4/c1-28-18-6-5-14(20(23-18)29-2)21(27)25-8-7-17-15(10-25)19(16-11-30-12-22-16)24-26(17)9-13-3-4-13/h5-6,11-13H,3-4,7-10H2,1-2H3. The van der Waals surface area contributed by atoms with Gasteiger partial charge in [0.25, 0.3) is 5.91 Å². The summed E-state index contributed by atoms with van der Waals surface area (Å²) in [5.74, 6) is 1.23. The summed E-state index contributed by atoms with van der Waals surface area (Å²) in [6, 6.07) is 3.36. The lowest BCUT2D eigenvalue weighted by Crippen LogP contribution is -2.36. The van der Waals surface area contributed by atoms with E-state index in [0.29, 0.717) is 36.1 Å². The molecule has 1 aliphatic carbocycles. The molecule has 0 spiro atoms. The quantitative estimate of drug-likeness (QED) is 0.617. The zero-order chi connectivity index (χ0) is 20.7. The van der Waals surface area contributed by atoms with Crippen LogP contribution in [0.3, 0.4) is 0 Å². The van der Waals surface area contributed by atoms with Crippen LogP contribution in [-0.4, -0.2) is 51.3 Å². The lowest BCUT2D eigenvalue weighted by atomic mass is 10.0. The SMILES string of the molecule is COc1ccc(C(=O)N2CCc3c(c(-c4cocn4)nn3CC3CC3)C2)c(OC)n1. The Labute approximate surface area is 173 Å². The predicted octanol–water partition coefficient (Wildman–Crippen LogP) is 2.56. The first-order valence-corrected chi connectivity index (χ1v) is 10.0. The number of hydrogen-bond donors (Lipinski definition) is 0. The molecule has 3 aromatic rings. The maximum absolute atomic E-state index is 13.3. The molecule has 0 saturated heterocycles. The van der Waals surface area contributed by atoms with E-state index in [1.165, 1.54) is 39.1 Å². The number of methoxy groups -OCH3 is 2. The zero-order valence-electron chi connectivity index (χ0n) is 17.0.